The Morgan fingerprint density at radius 2 is 1.76 bits per heavy atom. The Morgan fingerprint density at radius 3 is 2.39 bits per heavy atom. The number of nitrogens with zero attached hydrogens (tertiary/aromatic N) is 2. The zero-order valence-corrected chi connectivity index (χ0v) is 26.5. The molecule has 2 heterocycles. The Morgan fingerprint density at radius 1 is 1.07 bits per heavy atom. The van der Waals surface area contributed by atoms with Gasteiger partial charge in [-0.3, -0.25) is 9.36 Å². The predicted molar refractivity (Wildman–Crippen MR) is 166 cm³/mol. The van der Waals surface area contributed by atoms with Gasteiger partial charge in [0.25, 0.3) is 5.56 Å². The normalized spacial score (nSPS) is 14.9. The summed E-state index contributed by atoms with van der Waals surface area (Å²) in [4.78, 5) is 32.1. The summed E-state index contributed by atoms with van der Waals surface area (Å²) in [7, 11) is 1.59. The lowest BCUT2D eigenvalue weighted by atomic mass is 9.96. The number of thiazole rings is 1. The van der Waals surface area contributed by atoms with Crippen LogP contribution in [0.3, 0.4) is 0 Å². The zero-order valence-electron chi connectivity index (χ0n) is 22.5. The maximum atomic E-state index is 13.9. The van der Waals surface area contributed by atoms with E-state index in [9.17, 15) is 9.59 Å². The summed E-state index contributed by atoms with van der Waals surface area (Å²) in [5.74, 6) is 0.844. The van der Waals surface area contributed by atoms with Gasteiger partial charge in [-0.1, -0.05) is 53.8 Å². The van der Waals surface area contributed by atoms with E-state index in [1.807, 2.05) is 60.7 Å². The Labute approximate surface area is 257 Å². The van der Waals surface area contributed by atoms with Crippen LogP contribution < -0.4 is 24.4 Å². The van der Waals surface area contributed by atoms with Crippen LogP contribution in [0.4, 0.5) is 0 Å². The highest BCUT2D eigenvalue weighted by molar-refractivity contribution is 9.11. The number of aromatic nitrogens is 1. The number of methoxy groups -OCH3 is 1. The minimum absolute atomic E-state index is 0.212. The fraction of sp³-hybridized carbons (Fsp3) is 0.194. The average molecular weight is 698 g/mol. The molecule has 0 fully saturated rings. The summed E-state index contributed by atoms with van der Waals surface area (Å²) >= 11 is 8.51. The zero-order chi connectivity index (χ0) is 29.1. The summed E-state index contributed by atoms with van der Waals surface area (Å²) in [5, 5.41) is 0. The standard InChI is InChI=1S/C31H26Br2N2O5S/c1-4-39-30(37)26-18(2)34-31-35(27(26)21-10-12-22(38-3)13-11-21)29(36)25(41-31)16-20-14-23(32)28(24(33)15-20)40-17-19-8-6-5-7-9-19/h5-16,27H,4,17H2,1-3H3/b25-16-/t27-/m0/s1. The molecule has 3 aromatic carbocycles. The topological polar surface area (TPSA) is 79.1 Å². The summed E-state index contributed by atoms with van der Waals surface area (Å²) in [5.41, 5.74) is 3.20. The van der Waals surface area contributed by atoms with E-state index in [4.69, 9.17) is 14.2 Å². The smallest absolute Gasteiger partial charge is 0.338 e. The molecule has 0 bridgehead atoms. The Balaban J connectivity index is 1.56. The van der Waals surface area contributed by atoms with Crippen LogP contribution in [-0.2, 0) is 16.1 Å². The van der Waals surface area contributed by atoms with Gasteiger partial charge in [0.15, 0.2) is 4.80 Å². The molecule has 0 spiro atoms. The number of rotatable bonds is 8. The number of carbonyl (C=O) groups excluding carboxylic acids is 1. The van der Waals surface area contributed by atoms with Crippen molar-refractivity contribution in [1.29, 1.82) is 0 Å². The summed E-state index contributed by atoms with van der Waals surface area (Å²) < 4.78 is 20.3. The van der Waals surface area contributed by atoms with Crippen molar-refractivity contribution in [1.82, 2.24) is 4.57 Å². The number of fused-ring (bicyclic) bond motifs is 1. The minimum atomic E-state index is -0.689. The first-order valence-electron chi connectivity index (χ1n) is 12.8. The van der Waals surface area contributed by atoms with Crippen LogP contribution in [0.25, 0.3) is 6.08 Å². The molecule has 0 aliphatic carbocycles. The van der Waals surface area contributed by atoms with Crippen molar-refractivity contribution in [2.24, 2.45) is 4.99 Å². The number of esters is 1. The molecule has 41 heavy (non-hydrogen) atoms. The van der Waals surface area contributed by atoms with Gasteiger partial charge in [0.1, 0.15) is 18.1 Å². The summed E-state index contributed by atoms with van der Waals surface area (Å²) in [6, 6.07) is 20.3. The maximum absolute atomic E-state index is 13.9. The third-order valence-electron chi connectivity index (χ3n) is 6.49. The maximum Gasteiger partial charge on any atom is 0.338 e. The van der Waals surface area contributed by atoms with Crippen molar-refractivity contribution in [3.05, 3.63) is 123 Å². The van der Waals surface area contributed by atoms with E-state index >= 15 is 0 Å². The van der Waals surface area contributed by atoms with E-state index in [2.05, 4.69) is 36.9 Å². The number of halogens is 2. The largest absolute Gasteiger partial charge is 0.497 e. The molecule has 1 aliphatic heterocycles. The van der Waals surface area contributed by atoms with Gasteiger partial charge in [-0.25, -0.2) is 9.79 Å². The molecule has 7 nitrogen and oxygen atoms in total. The molecule has 1 aromatic heterocycles. The van der Waals surface area contributed by atoms with Gasteiger partial charge in [0, 0.05) is 0 Å². The van der Waals surface area contributed by atoms with Crippen molar-refractivity contribution in [2.45, 2.75) is 26.5 Å². The van der Waals surface area contributed by atoms with Gasteiger partial charge >= 0.3 is 5.97 Å². The van der Waals surface area contributed by atoms with Gasteiger partial charge < -0.3 is 14.2 Å². The molecule has 0 saturated carbocycles. The van der Waals surface area contributed by atoms with Crippen LogP contribution in [-0.4, -0.2) is 24.3 Å². The molecule has 1 aliphatic rings. The van der Waals surface area contributed by atoms with E-state index in [0.29, 0.717) is 38.7 Å². The lowest BCUT2D eigenvalue weighted by Gasteiger charge is -2.24. The molecule has 1 atom stereocenters. The van der Waals surface area contributed by atoms with E-state index in [-0.39, 0.29) is 12.2 Å². The highest BCUT2D eigenvalue weighted by Gasteiger charge is 2.33. The number of hydrogen-bond donors (Lipinski definition) is 0. The second kappa shape index (κ2) is 12.6. The van der Waals surface area contributed by atoms with Gasteiger partial charge in [-0.15, -0.1) is 0 Å². The lowest BCUT2D eigenvalue weighted by Crippen LogP contribution is -2.39. The van der Waals surface area contributed by atoms with Gasteiger partial charge in [-0.2, -0.15) is 0 Å². The SMILES string of the molecule is CCOC(=O)C1=C(C)N=c2s/c(=C\c3cc(Br)c(OCc4ccccc4)c(Br)c3)c(=O)n2[C@H]1c1ccc(OC)cc1. The highest BCUT2D eigenvalue weighted by atomic mass is 79.9. The third-order valence-corrected chi connectivity index (χ3v) is 8.65. The molecule has 210 valence electrons. The Kier molecular flexibility index (Phi) is 8.91. The van der Waals surface area contributed by atoms with E-state index < -0.39 is 12.0 Å². The quantitative estimate of drug-likeness (QED) is 0.214. The van der Waals surface area contributed by atoms with E-state index in [1.54, 1.807) is 37.7 Å². The molecule has 0 saturated heterocycles. The van der Waals surface area contributed by atoms with Crippen LogP contribution in [0.1, 0.15) is 36.6 Å². The van der Waals surface area contributed by atoms with Crippen LogP contribution in [0, 0.1) is 0 Å². The fourth-order valence-corrected chi connectivity index (χ4v) is 7.07. The lowest BCUT2D eigenvalue weighted by molar-refractivity contribution is -0.139. The van der Waals surface area contributed by atoms with Crippen LogP contribution >= 0.6 is 43.2 Å². The number of hydrogen-bond acceptors (Lipinski definition) is 7. The van der Waals surface area contributed by atoms with E-state index in [0.717, 1.165) is 25.6 Å². The second-order valence-corrected chi connectivity index (χ2v) is 11.9. The molecule has 10 heteroatoms. The van der Waals surface area contributed by atoms with Crippen molar-refractivity contribution in [3.8, 4) is 11.5 Å². The fourth-order valence-electron chi connectivity index (χ4n) is 4.57. The van der Waals surface area contributed by atoms with Gasteiger partial charge in [0.05, 0.1) is 44.5 Å². The average Bonchev–Trinajstić information content (AvgIpc) is 3.26. The van der Waals surface area contributed by atoms with Crippen molar-refractivity contribution in [3.63, 3.8) is 0 Å². The summed E-state index contributed by atoms with van der Waals surface area (Å²) in [6.45, 7) is 4.15. The van der Waals surface area contributed by atoms with Crippen molar-refractivity contribution in [2.75, 3.05) is 13.7 Å². The predicted octanol–water partition coefficient (Wildman–Crippen LogP) is 5.91. The molecule has 0 radical (unpaired) electrons. The summed E-state index contributed by atoms with van der Waals surface area (Å²) in [6.07, 6.45) is 1.81. The first-order valence-corrected chi connectivity index (χ1v) is 15.2. The van der Waals surface area contributed by atoms with Crippen LogP contribution in [0.5, 0.6) is 11.5 Å². The number of allylic oxidation sites excluding steroid dienone is 1. The number of benzene rings is 3. The monoisotopic (exact) mass is 696 g/mol. The van der Waals surface area contributed by atoms with Crippen molar-refractivity contribution < 1.29 is 19.0 Å². The van der Waals surface area contributed by atoms with Gasteiger partial charge in [-0.05, 0) is 92.7 Å². The molecule has 5 rings (SSSR count). The molecular formula is C31H26Br2N2O5S. The highest BCUT2D eigenvalue weighted by Crippen LogP contribution is 2.36. The molecule has 0 N–H and O–H groups in total. The van der Waals surface area contributed by atoms with Crippen molar-refractivity contribution >= 4 is 55.2 Å². The minimum Gasteiger partial charge on any atom is -0.497 e. The number of carbonyl (C=O) groups is 1. The van der Waals surface area contributed by atoms with Crippen LogP contribution in [0.2, 0.25) is 0 Å². The second-order valence-electron chi connectivity index (χ2n) is 9.16. The first kappa shape index (κ1) is 29.0. The van der Waals surface area contributed by atoms with Gasteiger partial charge in [0.2, 0.25) is 0 Å². The number of ether oxygens (including phenoxy) is 3. The Bertz CT molecular complexity index is 1790. The van der Waals surface area contributed by atoms with Crippen LogP contribution in [0.15, 0.2) is 96.7 Å². The molecule has 0 amide bonds. The molecule has 0 unspecified atom stereocenters. The molecular weight excluding hydrogens is 672 g/mol. The third kappa shape index (κ3) is 6.10. The first-order chi connectivity index (χ1) is 19.8. The Hall–Kier alpha value is -3.47. The molecule has 4 aromatic rings. The van der Waals surface area contributed by atoms with E-state index in [1.165, 1.54) is 11.3 Å².